The van der Waals surface area contributed by atoms with Crippen LogP contribution in [0, 0.1) is 0 Å². The van der Waals surface area contributed by atoms with Crippen molar-refractivity contribution in [1.29, 1.82) is 0 Å². The van der Waals surface area contributed by atoms with Crippen molar-refractivity contribution in [3.8, 4) is 0 Å². The van der Waals surface area contributed by atoms with E-state index in [1.807, 2.05) is 0 Å². The Morgan fingerprint density at radius 3 is 2.76 bits per heavy atom. The molecule has 3 N–H and O–H groups in total. The van der Waals surface area contributed by atoms with E-state index in [0.717, 1.165) is 11.3 Å². The molecule has 0 aliphatic carbocycles. The molecule has 1 heterocycles. The van der Waals surface area contributed by atoms with Crippen molar-refractivity contribution in [2.24, 2.45) is 0 Å². The number of hydrogen-bond acceptors (Lipinski definition) is 4. The van der Waals surface area contributed by atoms with Crippen molar-refractivity contribution in [2.75, 3.05) is 11.1 Å². The molecule has 2 rings (SSSR count). The van der Waals surface area contributed by atoms with E-state index in [2.05, 4.69) is 5.32 Å². The second-order valence-electron chi connectivity index (χ2n) is 4.37. The topological polar surface area (TPSA) is 77.1 Å². The van der Waals surface area contributed by atoms with Gasteiger partial charge in [0.05, 0.1) is 16.4 Å². The third-order valence-corrected chi connectivity index (χ3v) is 4.01. The van der Waals surface area contributed by atoms with Gasteiger partial charge >= 0.3 is 4.87 Å². The number of hydrogen-bond donors (Lipinski definition) is 2. The van der Waals surface area contributed by atoms with Crippen molar-refractivity contribution in [3.63, 3.8) is 0 Å². The number of nitrogen functional groups attached to an aromatic ring is 1. The van der Waals surface area contributed by atoms with Crippen molar-refractivity contribution in [1.82, 2.24) is 4.57 Å². The molecule has 0 saturated carbocycles. The van der Waals surface area contributed by atoms with Gasteiger partial charge in [-0.15, -0.1) is 0 Å². The number of rotatable bonds is 5. The minimum Gasteiger partial charge on any atom is -0.397 e. The molecular weight excluding hydrogens is 333 g/mol. The van der Waals surface area contributed by atoms with Gasteiger partial charge in [-0.3, -0.25) is 9.59 Å². The molecule has 0 radical (unpaired) electrons. The summed E-state index contributed by atoms with van der Waals surface area (Å²) in [7, 11) is 0. The Bertz CT molecular complexity index is 688. The molecule has 0 saturated heterocycles. The third-order valence-electron chi connectivity index (χ3n) is 2.80. The number of aromatic nitrogens is 1. The number of nitrogens with one attached hydrogen (secondary N) is 1. The molecule has 0 aliphatic rings. The summed E-state index contributed by atoms with van der Waals surface area (Å²) in [6, 6.07) is 3.04. The Labute approximate surface area is 135 Å². The van der Waals surface area contributed by atoms with E-state index in [9.17, 15) is 9.59 Å². The number of thiazole rings is 1. The molecule has 0 bridgehead atoms. The maximum atomic E-state index is 11.9. The van der Waals surface area contributed by atoms with Gasteiger partial charge in [-0.2, -0.15) is 0 Å². The average molecular weight is 346 g/mol. The first-order valence-electron chi connectivity index (χ1n) is 6.15. The molecule has 1 aromatic heterocycles. The summed E-state index contributed by atoms with van der Waals surface area (Å²) >= 11 is 12.9. The average Bonchev–Trinajstić information content (AvgIpc) is 2.80. The minimum atomic E-state index is -0.214. The molecule has 0 spiro atoms. The van der Waals surface area contributed by atoms with Gasteiger partial charge in [0.15, 0.2) is 0 Å². The molecular formula is C13H13Cl2N3O2S. The van der Waals surface area contributed by atoms with Gasteiger partial charge in [0.25, 0.3) is 0 Å². The fourth-order valence-electron chi connectivity index (χ4n) is 1.79. The number of anilines is 2. The van der Waals surface area contributed by atoms with Crippen LogP contribution in [0.2, 0.25) is 10.0 Å². The lowest BCUT2D eigenvalue weighted by molar-refractivity contribution is -0.116. The van der Waals surface area contributed by atoms with E-state index in [4.69, 9.17) is 28.9 Å². The van der Waals surface area contributed by atoms with Gasteiger partial charge in [-0.25, -0.2) is 0 Å². The highest BCUT2D eigenvalue weighted by atomic mass is 35.5. The van der Waals surface area contributed by atoms with E-state index in [0.29, 0.717) is 34.4 Å². The predicted octanol–water partition coefficient (Wildman–Crippen LogP) is 3.22. The molecule has 0 aliphatic heterocycles. The standard InChI is InChI=1S/C13H13Cl2N3O2S/c14-8-6-9(15)12(10(16)7-8)17-11(19)2-1-3-18-4-5-21-13(18)20/h4-7H,1-3,16H2,(H,17,19). The number of nitrogens with two attached hydrogens (primary N) is 1. The Morgan fingerprint density at radius 2 is 2.14 bits per heavy atom. The largest absolute Gasteiger partial charge is 0.397 e. The van der Waals surface area contributed by atoms with Gasteiger partial charge in [0.1, 0.15) is 0 Å². The Kier molecular flexibility index (Phi) is 5.27. The Hall–Kier alpha value is -1.50. The van der Waals surface area contributed by atoms with Gasteiger partial charge in [0.2, 0.25) is 5.91 Å². The molecule has 1 aromatic carbocycles. The normalized spacial score (nSPS) is 10.6. The van der Waals surface area contributed by atoms with Gasteiger partial charge in [0, 0.05) is 29.6 Å². The summed E-state index contributed by atoms with van der Waals surface area (Å²) < 4.78 is 1.57. The van der Waals surface area contributed by atoms with Crippen molar-refractivity contribution in [3.05, 3.63) is 43.4 Å². The highest BCUT2D eigenvalue weighted by molar-refractivity contribution is 7.07. The van der Waals surface area contributed by atoms with Crippen LogP contribution in [-0.2, 0) is 11.3 Å². The minimum absolute atomic E-state index is 0.0274. The monoisotopic (exact) mass is 345 g/mol. The van der Waals surface area contributed by atoms with Crippen LogP contribution in [0.25, 0.3) is 0 Å². The van der Waals surface area contributed by atoms with Crippen LogP contribution in [0.15, 0.2) is 28.5 Å². The Balaban J connectivity index is 1.91. The first kappa shape index (κ1) is 15.9. The molecule has 5 nitrogen and oxygen atoms in total. The quantitative estimate of drug-likeness (QED) is 0.816. The number of carbonyl (C=O) groups excluding carboxylic acids is 1. The van der Waals surface area contributed by atoms with E-state index in [-0.39, 0.29) is 17.2 Å². The van der Waals surface area contributed by atoms with E-state index < -0.39 is 0 Å². The first-order valence-corrected chi connectivity index (χ1v) is 7.79. The van der Waals surface area contributed by atoms with Crippen LogP contribution in [0.1, 0.15) is 12.8 Å². The fraction of sp³-hybridized carbons (Fsp3) is 0.231. The van der Waals surface area contributed by atoms with Gasteiger partial charge in [-0.1, -0.05) is 34.5 Å². The summed E-state index contributed by atoms with van der Waals surface area (Å²) in [5.74, 6) is -0.214. The highest BCUT2D eigenvalue weighted by Gasteiger charge is 2.10. The zero-order valence-corrected chi connectivity index (χ0v) is 13.3. The summed E-state index contributed by atoms with van der Waals surface area (Å²) in [5.41, 5.74) is 6.44. The lowest BCUT2D eigenvalue weighted by Gasteiger charge is -2.10. The van der Waals surface area contributed by atoms with Gasteiger partial charge in [-0.05, 0) is 18.6 Å². The fourth-order valence-corrected chi connectivity index (χ4v) is 2.96. The van der Waals surface area contributed by atoms with Crippen LogP contribution in [0.5, 0.6) is 0 Å². The van der Waals surface area contributed by atoms with E-state index in [1.54, 1.807) is 16.1 Å². The number of benzene rings is 1. The highest BCUT2D eigenvalue weighted by Crippen LogP contribution is 2.32. The number of aryl methyl sites for hydroxylation is 1. The Morgan fingerprint density at radius 1 is 1.38 bits per heavy atom. The molecule has 0 atom stereocenters. The molecule has 21 heavy (non-hydrogen) atoms. The number of carbonyl (C=O) groups is 1. The SMILES string of the molecule is Nc1cc(Cl)cc(Cl)c1NC(=O)CCCn1ccsc1=O. The second kappa shape index (κ2) is 6.98. The predicted molar refractivity (Wildman–Crippen MR) is 87.3 cm³/mol. The van der Waals surface area contributed by atoms with E-state index in [1.165, 1.54) is 12.1 Å². The zero-order valence-electron chi connectivity index (χ0n) is 10.9. The summed E-state index contributed by atoms with van der Waals surface area (Å²) in [6.07, 6.45) is 2.52. The maximum Gasteiger partial charge on any atom is 0.307 e. The lowest BCUT2D eigenvalue weighted by Crippen LogP contribution is -2.16. The molecule has 0 fully saturated rings. The first-order chi connectivity index (χ1) is 9.97. The van der Waals surface area contributed by atoms with Crippen LogP contribution < -0.4 is 15.9 Å². The van der Waals surface area contributed by atoms with Crippen LogP contribution >= 0.6 is 34.5 Å². The van der Waals surface area contributed by atoms with Crippen LogP contribution in [0.3, 0.4) is 0 Å². The number of halogens is 2. The van der Waals surface area contributed by atoms with Crippen molar-refractivity contribution >= 4 is 51.8 Å². The third kappa shape index (κ3) is 4.23. The summed E-state index contributed by atoms with van der Waals surface area (Å²) in [5, 5.41) is 5.08. The maximum absolute atomic E-state index is 11.9. The number of amides is 1. The van der Waals surface area contributed by atoms with Crippen LogP contribution in [-0.4, -0.2) is 10.5 Å². The molecule has 0 unspecified atom stereocenters. The second-order valence-corrected chi connectivity index (χ2v) is 6.07. The smallest absolute Gasteiger partial charge is 0.307 e. The van der Waals surface area contributed by atoms with Crippen molar-refractivity contribution in [2.45, 2.75) is 19.4 Å². The van der Waals surface area contributed by atoms with Gasteiger partial charge < -0.3 is 15.6 Å². The van der Waals surface area contributed by atoms with Crippen LogP contribution in [0.4, 0.5) is 11.4 Å². The lowest BCUT2D eigenvalue weighted by atomic mass is 10.2. The summed E-state index contributed by atoms with van der Waals surface area (Å²) in [4.78, 5) is 23.2. The zero-order chi connectivity index (χ0) is 15.4. The van der Waals surface area contributed by atoms with E-state index >= 15 is 0 Å². The number of nitrogens with zero attached hydrogens (tertiary/aromatic N) is 1. The molecule has 112 valence electrons. The van der Waals surface area contributed by atoms with Crippen molar-refractivity contribution < 1.29 is 4.79 Å². The molecule has 1 amide bonds. The molecule has 8 heteroatoms. The molecule has 2 aromatic rings. The summed E-state index contributed by atoms with van der Waals surface area (Å²) in [6.45, 7) is 0.500.